The molecule has 0 saturated carbocycles. The molecule has 6 nitrogen and oxygen atoms in total. The van der Waals surface area contributed by atoms with E-state index in [1.165, 1.54) is 5.56 Å². The third-order valence-electron chi connectivity index (χ3n) is 5.17. The van der Waals surface area contributed by atoms with Crippen LogP contribution in [0.2, 0.25) is 0 Å². The van der Waals surface area contributed by atoms with Gasteiger partial charge in [-0.2, -0.15) is 0 Å². The predicted molar refractivity (Wildman–Crippen MR) is 113 cm³/mol. The van der Waals surface area contributed by atoms with Crippen LogP contribution in [0.3, 0.4) is 0 Å². The number of nitrogens with zero attached hydrogens (tertiary/aromatic N) is 4. The number of anilines is 1. The Morgan fingerprint density at radius 2 is 1.76 bits per heavy atom. The molecule has 1 amide bonds. The van der Waals surface area contributed by atoms with Crippen LogP contribution >= 0.6 is 0 Å². The lowest BCUT2D eigenvalue weighted by Crippen LogP contribution is -2.49. The van der Waals surface area contributed by atoms with Gasteiger partial charge in [0.15, 0.2) is 0 Å². The Kier molecular flexibility index (Phi) is 5.42. The number of hydrogen-bond acceptors (Lipinski definition) is 5. The molecule has 0 aliphatic carbocycles. The van der Waals surface area contributed by atoms with Gasteiger partial charge in [-0.3, -0.25) is 4.79 Å². The highest BCUT2D eigenvalue weighted by atomic mass is 16.5. The maximum Gasteiger partial charge on any atom is 0.254 e. The van der Waals surface area contributed by atoms with Crippen molar-refractivity contribution < 1.29 is 9.53 Å². The Labute approximate surface area is 170 Å². The number of carbonyl (C=O) groups is 1. The Morgan fingerprint density at radius 3 is 2.52 bits per heavy atom. The molecular weight excluding hydrogens is 364 g/mol. The number of piperazine rings is 1. The number of hydrogen-bond donors (Lipinski definition) is 0. The van der Waals surface area contributed by atoms with Crippen LogP contribution in [-0.4, -0.2) is 54.1 Å². The second kappa shape index (κ2) is 8.31. The van der Waals surface area contributed by atoms with E-state index in [1.54, 1.807) is 19.5 Å². The lowest BCUT2D eigenvalue weighted by atomic mass is 10.1. The summed E-state index contributed by atoms with van der Waals surface area (Å²) in [7, 11) is 1.61. The highest BCUT2D eigenvalue weighted by Gasteiger charge is 2.23. The van der Waals surface area contributed by atoms with E-state index in [2.05, 4.69) is 40.0 Å². The fourth-order valence-electron chi connectivity index (χ4n) is 3.56. The van der Waals surface area contributed by atoms with Gasteiger partial charge in [-0.05, 0) is 31.2 Å². The quantitative estimate of drug-likeness (QED) is 0.685. The minimum Gasteiger partial charge on any atom is -0.497 e. The van der Waals surface area contributed by atoms with Gasteiger partial charge < -0.3 is 14.5 Å². The van der Waals surface area contributed by atoms with Gasteiger partial charge in [-0.15, -0.1) is 0 Å². The fourth-order valence-corrected chi connectivity index (χ4v) is 3.56. The average molecular weight is 388 g/mol. The van der Waals surface area contributed by atoms with Crippen LogP contribution in [0, 0.1) is 6.92 Å². The molecule has 0 atom stereocenters. The van der Waals surface area contributed by atoms with Crippen molar-refractivity contribution >= 4 is 11.7 Å². The lowest BCUT2D eigenvalue weighted by Gasteiger charge is -2.35. The van der Waals surface area contributed by atoms with E-state index in [0.717, 1.165) is 30.2 Å². The standard InChI is InChI=1S/C23H24N4O2/c1-17-5-3-6-18(13-17)21-15-22(25-16-24-21)26-9-11-27(12-10-26)23(28)19-7-4-8-20(14-19)29-2/h3-8,13-16H,9-12H2,1-2H3. The zero-order chi connectivity index (χ0) is 20.2. The molecular formula is C23H24N4O2. The largest absolute Gasteiger partial charge is 0.497 e. The van der Waals surface area contributed by atoms with E-state index in [-0.39, 0.29) is 5.91 Å². The average Bonchev–Trinajstić information content (AvgIpc) is 2.79. The molecule has 1 fully saturated rings. The molecule has 1 aliphatic rings. The van der Waals surface area contributed by atoms with E-state index < -0.39 is 0 Å². The molecule has 4 rings (SSSR count). The number of ether oxygens (including phenoxy) is 1. The molecule has 1 aliphatic heterocycles. The van der Waals surface area contributed by atoms with Gasteiger partial charge in [0, 0.05) is 43.4 Å². The van der Waals surface area contributed by atoms with Gasteiger partial charge in [0.25, 0.3) is 5.91 Å². The first-order valence-electron chi connectivity index (χ1n) is 9.71. The minimum atomic E-state index is 0.0340. The highest BCUT2D eigenvalue weighted by molar-refractivity contribution is 5.94. The normalized spacial score (nSPS) is 14.0. The van der Waals surface area contributed by atoms with Crippen LogP contribution < -0.4 is 9.64 Å². The molecule has 0 N–H and O–H groups in total. The van der Waals surface area contributed by atoms with Crippen LogP contribution in [-0.2, 0) is 0 Å². The van der Waals surface area contributed by atoms with E-state index in [0.29, 0.717) is 24.4 Å². The number of aryl methyl sites for hydroxylation is 1. The first-order valence-corrected chi connectivity index (χ1v) is 9.71. The SMILES string of the molecule is COc1cccc(C(=O)N2CCN(c3cc(-c4cccc(C)c4)ncn3)CC2)c1. The molecule has 6 heteroatoms. The van der Waals surface area contributed by atoms with Crippen molar-refractivity contribution in [3.05, 3.63) is 72.1 Å². The summed E-state index contributed by atoms with van der Waals surface area (Å²) in [5.74, 6) is 1.62. The number of carbonyl (C=O) groups excluding carboxylic acids is 1. The van der Waals surface area contributed by atoms with Crippen LogP contribution in [0.25, 0.3) is 11.3 Å². The number of aromatic nitrogens is 2. The van der Waals surface area contributed by atoms with Gasteiger partial charge in [0.05, 0.1) is 12.8 Å². The summed E-state index contributed by atoms with van der Waals surface area (Å²) in [5, 5.41) is 0. The third kappa shape index (κ3) is 4.21. The summed E-state index contributed by atoms with van der Waals surface area (Å²) in [5.41, 5.74) is 3.85. The second-order valence-electron chi connectivity index (χ2n) is 7.14. The molecule has 0 bridgehead atoms. The number of benzene rings is 2. The Balaban J connectivity index is 1.44. The maximum atomic E-state index is 12.8. The Hall–Kier alpha value is -3.41. The van der Waals surface area contributed by atoms with Gasteiger partial charge in [0.2, 0.25) is 0 Å². The minimum absolute atomic E-state index is 0.0340. The van der Waals surface area contributed by atoms with E-state index in [4.69, 9.17) is 4.74 Å². The van der Waals surface area contributed by atoms with Crippen molar-refractivity contribution in [2.24, 2.45) is 0 Å². The van der Waals surface area contributed by atoms with Crippen LogP contribution in [0.15, 0.2) is 60.9 Å². The highest BCUT2D eigenvalue weighted by Crippen LogP contribution is 2.23. The monoisotopic (exact) mass is 388 g/mol. The number of rotatable bonds is 4. The summed E-state index contributed by atoms with van der Waals surface area (Å²) in [6, 6.07) is 17.6. The summed E-state index contributed by atoms with van der Waals surface area (Å²) in [6.45, 7) is 4.85. The zero-order valence-electron chi connectivity index (χ0n) is 16.7. The first kappa shape index (κ1) is 18.9. The Morgan fingerprint density at radius 1 is 0.966 bits per heavy atom. The van der Waals surface area contributed by atoms with Crippen molar-refractivity contribution in [3.8, 4) is 17.0 Å². The molecule has 1 saturated heterocycles. The molecule has 148 valence electrons. The van der Waals surface area contributed by atoms with E-state index >= 15 is 0 Å². The van der Waals surface area contributed by atoms with Crippen molar-refractivity contribution in [2.75, 3.05) is 38.2 Å². The number of amides is 1. The van der Waals surface area contributed by atoms with Crippen LogP contribution in [0.1, 0.15) is 15.9 Å². The second-order valence-corrected chi connectivity index (χ2v) is 7.14. The molecule has 3 aromatic rings. The Bertz CT molecular complexity index is 1010. The maximum absolute atomic E-state index is 12.8. The summed E-state index contributed by atoms with van der Waals surface area (Å²) < 4.78 is 5.23. The predicted octanol–water partition coefficient (Wildman–Crippen LogP) is 3.42. The topological polar surface area (TPSA) is 58.6 Å². The molecule has 1 aromatic heterocycles. The zero-order valence-corrected chi connectivity index (χ0v) is 16.7. The number of methoxy groups -OCH3 is 1. The van der Waals surface area contributed by atoms with E-state index in [1.807, 2.05) is 35.2 Å². The fraction of sp³-hybridized carbons (Fsp3) is 0.261. The van der Waals surface area contributed by atoms with Crippen LogP contribution in [0.5, 0.6) is 5.75 Å². The van der Waals surface area contributed by atoms with Gasteiger partial charge >= 0.3 is 0 Å². The van der Waals surface area contributed by atoms with Crippen molar-refractivity contribution in [2.45, 2.75) is 6.92 Å². The molecule has 0 radical (unpaired) electrons. The van der Waals surface area contributed by atoms with Gasteiger partial charge in [0.1, 0.15) is 17.9 Å². The van der Waals surface area contributed by atoms with Crippen molar-refractivity contribution in [3.63, 3.8) is 0 Å². The summed E-state index contributed by atoms with van der Waals surface area (Å²) in [4.78, 5) is 25.8. The molecule has 0 unspecified atom stereocenters. The smallest absolute Gasteiger partial charge is 0.254 e. The first-order chi connectivity index (χ1) is 14.1. The lowest BCUT2D eigenvalue weighted by molar-refractivity contribution is 0.0746. The van der Waals surface area contributed by atoms with Crippen LogP contribution in [0.4, 0.5) is 5.82 Å². The summed E-state index contributed by atoms with van der Waals surface area (Å²) >= 11 is 0. The van der Waals surface area contributed by atoms with Gasteiger partial charge in [-0.1, -0.05) is 29.8 Å². The van der Waals surface area contributed by atoms with Crippen molar-refractivity contribution in [1.82, 2.24) is 14.9 Å². The van der Waals surface area contributed by atoms with Crippen molar-refractivity contribution in [1.29, 1.82) is 0 Å². The third-order valence-corrected chi connectivity index (χ3v) is 5.17. The van der Waals surface area contributed by atoms with E-state index in [9.17, 15) is 4.79 Å². The molecule has 2 aromatic carbocycles. The molecule has 2 heterocycles. The molecule has 29 heavy (non-hydrogen) atoms. The van der Waals surface area contributed by atoms with Gasteiger partial charge in [-0.25, -0.2) is 9.97 Å². The molecule has 0 spiro atoms. The summed E-state index contributed by atoms with van der Waals surface area (Å²) in [6.07, 6.45) is 1.61.